The quantitative estimate of drug-likeness (QED) is 0.743. The summed E-state index contributed by atoms with van der Waals surface area (Å²) in [4.78, 5) is 6.27. The summed E-state index contributed by atoms with van der Waals surface area (Å²) in [5, 5.41) is 8.44. The second kappa shape index (κ2) is 5.93. The molecule has 0 bridgehead atoms. The lowest BCUT2D eigenvalue weighted by Gasteiger charge is -2.17. The van der Waals surface area contributed by atoms with Gasteiger partial charge in [0.1, 0.15) is 11.6 Å². The van der Waals surface area contributed by atoms with Crippen LogP contribution in [-0.2, 0) is 13.6 Å². The third kappa shape index (κ3) is 2.95. The van der Waals surface area contributed by atoms with E-state index in [9.17, 15) is 4.39 Å². The molecule has 0 amide bonds. The fourth-order valence-corrected chi connectivity index (χ4v) is 2.15. The Hall–Kier alpha value is -2.76. The van der Waals surface area contributed by atoms with Crippen LogP contribution in [0.3, 0.4) is 0 Å². The Kier molecular flexibility index (Phi) is 3.82. The summed E-state index contributed by atoms with van der Waals surface area (Å²) in [7, 11) is 3.90. The normalized spacial score (nSPS) is 10.7. The zero-order valence-electron chi connectivity index (χ0n) is 12.4. The maximum absolute atomic E-state index is 12.9. The van der Waals surface area contributed by atoms with Gasteiger partial charge < -0.3 is 9.47 Å². The molecule has 0 aliphatic carbocycles. The molecule has 0 spiro atoms. The summed E-state index contributed by atoms with van der Waals surface area (Å²) in [5.41, 5.74) is 1.56. The molecule has 1 aromatic carbocycles. The van der Waals surface area contributed by atoms with E-state index in [4.69, 9.17) is 0 Å². The molecular weight excluding hydrogens is 281 g/mol. The molecule has 0 fully saturated rings. The Bertz CT molecular complexity index is 749. The predicted molar refractivity (Wildman–Crippen MR) is 82.7 cm³/mol. The number of hydrogen-bond donors (Lipinski definition) is 0. The Morgan fingerprint density at radius 1 is 1.09 bits per heavy atom. The van der Waals surface area contributed by atoms with Crippen LogP contribution >= 0.6 is 0 Å². The standard InChI is InChI=1S/C16H16FN5/c1-21-10-9-18-16(21)11-22(2)15-8-7-14(19-20-15)12-3-5-13(17)6-4-12/h3-10H,11H2,1-2H3. The van der Waals surface area contributed by atoms with Crippen molar-refractivity contribution in [1.29, 1.82) is 0 Å². The molecule has 2 aromatic heterocycles. The van der Waals surface area contributed by atoms with Crippen LogP contribution < -0.4 is 4.90 Å². The van der Waals surface area contributed by atoms with Crippen molar-refractivity contribution < 1.29 is 4.39 Å². The number of aromatic nitrogens is 4. The van der Waals surface area contributed by atoms with Crippen LogP contribution in [0.2, 0.25) is 0 Å². The highest BCUT2D eigenvalue weighted by Crippen LogP contribution is 2.19. The number of halogens is 1. The summed E-state index contributed by atoms with van der Waals surface area (Å²) in [6.45, 7) is 0.647. The second-order valence-corrected chi connectivity index (χ2v) is 5.09. The summed E-state index contributed by atoms with van der Waals surface area (Å²) in [6.07, 6.45) is 3.68. The van der Waals surface area contributed by atoms with Crippen LogP contribution in [0, 0.1) is 5.82 Å². The lowest BCUT2D eigenvalue weighted by molar-refractivity contribution is 0.628. The minimum Gasteiger partial charge on any atom is -0.351 e. The van der Waals surface area contributed by atoms with Crippen molar-refractivity contribution in [3.05, 3.63) is 60.4 Å². The van der Waals surface area contributed by atoms with Gasteiger partial charge in [0.15, 0.2) is 5.82 Å². The molecule has 0 saturated heterocycles. The molecule has 2 heterocycles. The van der Waals surface area contributed by atoms with E-state index >= 15 is 0 Å². The first-order valence-electron chi connectivity index (χ1n) is 6.90. The summed E-state index contributed by atoms with van der Waals surface area (Å²) >= 11 is 0. The van der Waals surface area contributed by atoms with E-state index < -0.39 is 0 Å². The number of rotatable bonds is 4. The third-order valence-electron chi connectivity index (χ3n) is 3.48. The van der Waals surface area contributed by atoms with E-state index in [1.807, 2.05) is 41.9 Å². The lowest BCUT2D eigenvalue weighted by atomic mass is 10.1. The first-order valence-corrected chi connectivity index (χ1v) is 6.90. The molecule has 0 radical (unpaired) electrons. The molecule has 0 unspecified atom stereocenters. The van der Waals surface area contributed by atoms with Crippen LogP contribution in [0.25, 0.3) is 11.3 Å². The number of imidazole rings is 1. The zero-order valence-corrected chi connectivity index (χ0v) is 12.4. The van der Waals surface area contributed by atoms with Crippen molar-refractivity contribution in [3.8, 4) is 11.3 Å². The molecular formula is C16H16FN5. The molecule has 6 heteroatoms. The first kappa shape index (κ1) is 14.2. The fourth-order valence-electron chi connectivity index (χ4n) is 2.15. The van der Waals surface area contributed by atoms with Crippen LogP contribution in [0.5, 0.6) is 0 Å². The topological polar surface area (TPSA) is 46.8 Å². The van der Waals surface area contributed by atoms with Gasteiger partial charge in [0.05, 0.1) is 12.2 Å². The van der Waals surface area contributed by atoms with Gasteiger partial charge in [-0.1, -0.05) is 0 Å². The monoisotopic (exact) mass is 297 g/mol. The van der Waals surface area contributed by atoms with Crippen molar-refractivity contribution in [2.24, 2.45) is 7.05 Å². The average molecular weight is 297 g/mol. The van der Waals surface area contributed by atoms with E-state index in [1.165, 1.54) is 12.1 Å². The Morgan fingerprint density at radius 3 is 2.45 bits per heavy atom. The molecule has 112 valence electrons. The SMILES string of the molecule is CN(Cc1nccn1C)c1ccc(-c2ccc(F)cc2)nn1. The summed E-state index contributed by atoms with van der Waals surface area (Å²) in [5.74, 6) is 1.45. The molecule has 0 N–H and O–H groups in total. The fraction of sp³-hybridized carbons (Fsp3) is 0.188. The second-order valence-electron chi connectivity index (χ2n) is 5.09. The zero-order chi connectivity index (χ0) is 15.5. The van der Waals surface area contributed by atoms with E-state index in [0.717, 1.165) is 17.2 Å². The minimum absolute atomic E-state index is 0.261. The molecule has 3 rings (SSSR count). The van der Waals surface area contributed by atoms with Gasteiger partial charge in [-0.15, -0.1) is 10.2 Å². The Morgan fingerprint density at radius 2 is 1.86 bits per heavy atom. The molecule has 0 aliphatic rings. The molecule has 5 nitrogen and oxygen atoms in total. The maximum atomic E-state index is 12.9. The van der Waals surface area contributed by atoms with Crippen molar-refractivity contribution in [2.45, 2.75) is 6.54 Å². The van der Waals surface area contributed by atoms with Gasteiger partial charge >= 0.3 is 0 Å². The molecule has 0 atom stereocenters. The minimum atomic E-state index is -0.261. The highest BCUT2D eigenvalue weighted by Gasteiger charge is 2.08. The predicted octanol–water partition coefficient (Wildman–Crippen LogP) is 2.65. The van der Waals surface area contributed by atoms with Crippen LogP contribution in [0.1, 0.15) is 5.82 Å². The van der Waals surface area contributed by atoms with E-state index in [1.54, 1.807) is 18.3 Å². The number of anilines is 1. The number of aryl methyl sites for hydroxylation is 1. The molecule has 0 saturated carbocycles. The number of hydrogen-bond acceptors (Lipinski definition) is 4. The molecule has 22 heavy (non-hydrogen) atoms. The van der Waals surface area contributed by atoms with Crippen LogP contribution in [0.15, 0.2) is 48.8 Å². The highest BCUT2D eigenvalue weighted by atomic mass is 19.1. The number of benzene rings is 1. The Balaban J connectivity index is 1.76. The van der Waals surface area contributed by atoms with Gasteiger partial charge in [0.2, 0.25) is 0 Å². The van der Waals surface area contributed by atoms with Gasteiger partial charge in [-0.25, -0.2) is 9.37 Å². The van der Waals surface area contributed by atoms with Crippen molar-refractivity contribution >= 4 is 5.82 Å². The van der Waals surface area contributed by atoms with Gasteiger partial charge in [0, 0.05) is 32.1 Å². The molecule has 3 aromatic rings. The maximum Gasteiger partial charge on any atom is 0.151 e. The van der Waals surface area contributed by atoms with E-state index in [0.29, 0.717) is 12.2 Å². The molecule has 0 aliphatic heterocycles. The number of nitrogens with zero attached hydrogens (tertiary/aromatic N) is 5. The third-order valence-corrected chi connectivity index (χ3v) is 3.48. The smallest absolute Gasteiger partial charge is 0.151 e. The van der Waals surface area contributed by atoms with Crippen molar-refractivity contribution in [3.63, 3.8) is 0 Å². The van der Waals surface area contributed by atoms with Crippen molar-refractivity contribution in [1.82, 2.24) is 19.7 Å². The first-order chi connectivity index (χ1) is 10.6. The summed E-state index contributed by atoms with van der Waals surface area (Å²) < 4.78 is 14.9. The summed E-state index contributed by atoms with van der Waals surface area (Å²) in [6, 6.07) is 9.99. The lowest BCUT2D eigenvalue weighted by Crippen LogP contribution is -2.20. The van der Waals surface area contributed by atoms with Crippen LogP contribution in [-0.4, -0.2) is 26.8 Å². The average Bonchev–Trinajstić information content (AvgIpc) is 2.93. The van der Waals surface area contributed by atoms with Gasteiger partial charge in [-0.2, -0.15) is 0 Å². The van der Waals surface area contributed by atoms with Crippen LogP contribution in [0.4, 0.5) is 10.2 Å². The van der Waals surface area contributed by atoms with Crippen molar-refractivity contribution in [2.75, 3.05) is 11.9 Å². The largest absolute Gasteiger partial charge is 0.351 e. The van der Waals surface area contributed by atoms with Gasteiger partial charge in [-0.3, -0.25) is 0 Å². The van der Waals surface area contributed by atoms with Gasteiger partial charge in [-0.05, 0) is 36.4 Å². The van der Waals surface area contributed by atoms with E-state index in [-0.39, 0.29) is 5.82 Å². The Labute approximate surface area is 128 Å². The van der Waals surface area contributed by atoms with E-state index in [2.05, 4.69) is 15.2 Å². The van der Waals surface area contributed by atoms with Gasteiger partial charge in [0.25, 0.3) is 0 Å². The highest BCUT2D eigenvalue weighted by molar-refractivity contribution is 5.59.